The number of nitro benzene ring substituents is 1. The predicted molar refractivity (Wildman–Crippen MR) is 194 cm³/mol. The van der Waals surface area contributed by atoms with Gasteiger partial charge in [-0.2, -0.15) is 4.31 Å². The first-order chi connectivity index (χ1) is 25.4. The fraction of sp³-hybridized carbons (Fsp3) is 0.727. The van der Waals surface area contributed by atoms with Crippen molar-refractivity contribution in [1.29, 1.82) is 0 Å². The van der Waals surface area contributed by atoms with Crippen LogP contribution in [0.5, 0.6) is 0 Å². The molecule has 0 radical (unpaired) electrons. The van der Waals surface area contributed by atoms with Gasteiger partial charge in [-0.1, -0.05) is 19.1 Å². The molecule has 1 saturated heterocycles. The minimum absolute atomic E-state index is 0.116. The SMILES string of the molecule is CNCC1=CC[C@@H](NC(=O)OC(C)(C)C)[C@@H](O[C@H]2[C@H](O)[C@@H](O[C@H]3OC[C@](C)(O)[C@H](N(C)S(C)(=O)=O)[C@H]3O)[C@H](NS(=O)(=O)c3ccccc3[N+](=O)[O-])C[C@@H]2C)O1. The number of hydrogen-bond acceptors (Lipinski definition) is 16. The third kappa shape index (κ3) is 10.9. The van der Waals surface area contributed by atoms with E-state index in [2.05, 4.69) is 15.4 Å². The van der Waals surface area contributed by atoms with E-state index in [4.69, 9.17) is 23.7 Å². The largest absolute Gasteiger partial charge is 0.466 e. The molecule has 20 nitrogen and oxygen atoms in total. The average Bonchev–Trinajstić information content (AvgIpc) is 3.05. The number of rotatable bonds is 13. The van der Waals surface area contributed by atoms with Crippen LogP contribution in [0.3, 0.4) is 0 Å². The van der Waals surface area contributed by atoms with E-state index in [0.717, 1.165) is 29.7 Å². The molecule has 0 bridgehead atoms. The fourth-order valence-electron chi connectivity index (χ4n) is 6.87. The Bertz CT molecular complexity index is 1790. The van der Waals surface area contributed by atoms with E-state index in [1.54, 1.807) is 40.8 Å². The van der Waals surface area contributed by atoms with Crippen LogP contribution in [0.15, 0.2) is 41.0 Å². The zero-order chi connectivity index (χ0) is 41.3. The Balaban J connectivity index is 1.71. The fourth-order valence-corrected chi connectivity index (χ4v) is 9.07. The molecule has 1 amide bonds. The van der Waals surface area contributed by atoms with Crippen LogP contribution in [0.2, 0.25) is 0 Å². The lowest BCUT2D eigenvalue weighted by Gasteiger charge is -2.50. The zero-order valence-electron chi connectivity index (χ0n) is 31.9. The summed E-state index contributed by atoms with van der Waals surface area (Å²) >= 11 is 0. The Kier molecular flexibility index (Phi) is 14.0. The van der Waals surface area contributed by atoms with E-state index in [1.807, 2.05) is 0 Å². The lowest BCUT2D eigenvalue weighted by atomic mass is 9.80. The quantitative estimate of drug-likeness (QED) is 0.112. The van der Waals surface area contributed by atoms with Crippen LogP contribution in [0, 0.1) is 16.0 Å². The summed E-state index contributed by atoms with van der Waals surface area (Å²) in [7, 11) is -5.83. The molecular weight excluding hydrogens is 771 g/mol. The first kappa shape index (κ1) is 44.7. The van der Waals surface area contributed by atoms with Gasteiger partial charge in [-0.15, -0.1) is 0 Å². The maximum Gasteiger partial charge on any atom is 0.408 e. The summed E-state index contributed by atoms with van der Waals surface area (Å²) in [5.74, 6) is -0.206. The standard InChI is InChI=1S/C33H53N5O15S2/c1-18-15-21(36-55(47,48)23-12-10-9-11-22(23)38(43)44)27(52-30-25(40)28(33(5,42)17-49-30)37(7)54(8,45)46)24(39)26(18)51-29-20(14-13-19(50-29)16-34-6)35-31(41)53-32(2,3)4/h9-13,18,20-21,24-30,34,36,39-40,42H,14-17H2,1-8H3,(H,35,41)/t18-,20+,21+,24-,25+,26+,27-,28+,29+,30+,33-/m0/s1. The molecule has 2 aliphatic heterocycles. The van der Waals surface area contributed by atoms with Crippen molar-refractivity contribution in [2.24, 2.45) is 5.92 Å². The van der Waals surface area contributed by atoms with E-state index in [-0.39, 0.29) is 12.8 Å². The molecule has 1 aromatic carbocycles. The van der Waals surface area contributed by atoms with Crippen molar-refractivity contribution >= 4 is 31.8 Å². The minimum Gasteiger partial charge on any atom is -0.466 e. The molecular formula is C33H53N5O15S2. The van der Waals surface area contributed by atoms with Gasteiger partial charge in [0.15, 0.2) is 11.2 Å². The van der Waals surface area contributed by atoms with Gasteiger partial charge in [-0.3, -0.25) is 10.1 Å². The van der Waals surface area contributed by atoms with Gasteiger partial charge in [0.2, 0.25) is 26.3 Å². The number of sulfonamides is 2. The highest BCUT2D eigenvalue weighted by Gasteiger charge is 2.54. The summed E-state index contributed by atoms with van der Waals surface area (Å²) < 4.78 is 85.4. The smallest absolute Gasteiger partial charge is 0.408 e. The van der Waals surface area contributed by atoms with Crippen molar-refractivity contribution in [1.82, 2.24) is 19.7 Å². The van der Waals surface area contributed by atoms with Crippen molar-refractivity contribution in [2.45, 2.75) is 119 Å². The lowest BCUT2D eigenvalue weighted by molar-refractivity contribution is -0.387. The number of aliphatic hydroxyl groups is 3. The second-order valence-electron chi connectivity index (χ2n) is 15.3. The van der Waals surface area contributed by atoms with Crippen LogP contribution in [0.1, 0.15) is 47.5 Å². The number of amides is 1. The second kappa shape index (κ2) is 17.2. The van der Waals surface area contributed by atoms with Crippen LogP contribution >= 0.6 is 0 Å². The number of ether oxygens (including phenoxy) is 5. The summed E-state index contributed by atoms with van der Waals surface area (Å²) in [6, 6.07) is 0.988. The maximum atomic E-state index is 13.8. The van der Waals surface area contributed by atoms with Gasteiger partial charge < -0.3 is 49.6 Å². The summed E-state index contributed by atoms with van der Waals surface area (Å²) in [5.41, 5.74) is -3.44. The normalized spacial score (nSPS) is 33.3. The Hall–Kier alpha value is -3.03. The summed E-state index contributed by atoms with van der Waals surface area (Å²) in [4.78, 5) is 23.0. The molecule has 0 spiro atoms. The highest BCUT2D eigenvalue weighted by atomic mass is 32.2. The number of para-hydroxylation sites is 1. The number of aliphatic hydroxyl groups excluding tert-OH is 2. The molecule has 2 heterocycles. The average molecular weight is 824 g/mol. The lowest BCUT2D eigenvalue weighted by Crippen LogP contribution is -2.68. The summed E-state index contributed by atoms with van der Waals surface area (Å²) in [6.07, 6.45) is -7.38. The first-order valence-electron chi connectivity index (χ1n) is 17.6. The third-order valence-electron chi connectivity index (χ3n) is 9.44. The predicted octanol–water partition coefficient (Wildman–Crippen LogP) is -0.116. The molecule has 312 valence electrons. The molecule has 2 fully saturated rings. The van der Waals surface area contributed by atoms with Gasteiger partial charge >= 0.3 is 6.09 Å². The Morgan fingerprint density at radius 2 is 1.73 bits per heavy atom. The molecule has 3 aliphatic rings. The van der Waals surface area contributed by atoms with Crippen LogP contribution in [0.25, 0.3) is 0 Å². The van der Waals surface area contributed by atoms with E-state index in [9.17, 15) is 47.1 Å². The van der Waals surface area contributed by atoms with Crippen LogP contribution in [0.4, 0.5) is 10.5 Å². The van der Waals surface area contributed by atoms with Crippen molar-refractivity contribution in [2.75, 3.05) is 33.5 Å². The number of nitro groups is 1. The zero-order valence-corrected chi connectivity index (χ0v) is 33.6. The second-order valence-corrected chi connectivity index (χ2v) is 19.0. The van der Waals surface area contributed by atoms with Gasteiger partial charge in [0.1, 0.15) is 35.3 Å². The molecule has 0 aromatic heterocycles. The third-order valence-corrected chi connectivity index (χ3v) is 12.3. The van der Waals surface area contributed by atoms with Gasteiger partial charge in [0.25, 0.3) is 5.69 Å². The number of alkyl carbamates (subject to hydrolysis) is 1. The monoisotopic (exact) mass is 823 g/mol. The summed E-state index contributed by atoms with van der Waals surface area (Å²) in [5, 5.41) is 52.0. The minimum atomic E-state index is -4.68. The van der Waals surface area contributed by atoms with E-state index < -0.39 is 120 Å². The van der Waals surface area contributed by atoms with Gasteiger partial charge in [-0.25, -0.2) is 26.4 Å². The van der Waals surface area contributed by atoms with Crippen molar-refractivity contribution in [3.63, 3.8) is 0 Å². The molecule has 55 heavy (non-hydrogen) atoms. The molecule has 4 rings (SSSR count). The number of carbonyl (C=O) groups is 1. The molecule has 1 aliphatic carbocycles. The Morgan fingerprint density at radius 1 is 1.09 bits per heavy atom. The molecule has 22 heteroatoms. The number of hydrogen-bond donors (Lipinski definition) is 6. The van der Waals surface area contributed by atoms with Gasteiger partial charge in [-0.05, 0) is 65.6 Å². The van der Waals surface area contributed by atoms with Crippen molar-refractivity contribution in [3.8, 4) is 0 Å². The van der Waals surface area contributed by atoms with Crippen LogP contribution < -0.4 is 15.4 Å². The number of nitrogens with one attached hydrogen (secondary N) is 3. The highest BCUT2D eigenvalue weighted by molar-refractivity contribution is 7.89. The number of carbonyl (C=O) groups excluding carboxylic acids is 1. The van der Waals surface area contributed by atoms with E-state index >= 15 is 0 Å². The van der Waals surface area contributed by atoms with Crippen molar-refractivity contribution < 1.29 is 65.6 Å². The first-order valence-corrected chi connectivity index (χ1v) is 20.9. The Labute approximate surface area is 320 Å². The number of benzene rings is 1. The van der Waals surface area contributed by atoms with E-state index in [0.29, 0.717) is 12.3 Å². The van der Waals surface area contributed by atoms with Crippen molar-refractivity contribution in [3.05, 3.63) is 46.2 Å². The topological polar surface area (TPSA) is 275 Å². The van der Waals surface area contributed by atoms with Gasteiger partial charge in [0, 0.05) is 13.1 Å². The van der Waals surface area contributed by atoms with E-state index in [1.165, 1.54) is 19.1 Å². The van der Waals surface area contributed by atoms with Crippen LogP contribution in [-0.2, 0) is 43.7 Å². The molecule has 1 aromatic rings. The maximum absolute atomic E-state index is 13.8. The Morgan fingerprint density at radius 3 is 2.33 bits per heavy atom. The molecule has 1 saturated carbocycles. The van der Waals surface area contributed by atoms with Crippen LogP contribution in [-0.4, -0.2) is 147 Å². The number of likely N-dealkylation sites (N-methyl/N-ethyl adjacent to an activating group) is 2. The summed E-state index contributed by atoms with van der Waals surface area (Å²) in [6.45, 7) is 7.75. The molecule has 11 atom stereocenters. The molecule has 6 N–H and O–H groups in total. The molecule has 0 unspecified atom stereocenters. The van der Waals surface area contributed by atoms with Gasteiger partial charge in [0.05, 0.1) is 48.6 Å². The highest BCUT2D eigenvalue weighted by Crippen LogP contribution is 2.37. The number of nitrogens with zero attached hydrogens (tertiary/aromatic N) is 2.